The molecule has 0 saturated heterocycles. The second-order valence-corrected chi connectivity index (χ2v) is 6.62. The van der Waals surface area contributed by atoms with E-state index >= 15 is 0 Å². The van der Waals surface area contributed by atoms with E-state index in [1.165, 1.54) is 5.56 Å². The summed E-state index contributed by atoms with van der Waals surface area (Å²) < 4.78 is 24.3. The molecule has 1 heterocycles. The van der Waals surface area contributed by atoms with Gasteiger partial charge in [-0.25, -0.2) is 13.1 Å². The third-order valence-electron chi connectivity index (χ3n) is 2.91. The molecule has 0 aliphatic rings. The van der Waals surface area contributed by atoms with Crippen LogP contribution in [0.4, 0.5) is 0 Å². The molecule has 2 N–H and O–H groups in total. The third-order valence-corrected chi connectivity index (χ3v) is 3.64. The van der Waals surface area contributed by atoms with Crippen molar-refractivity contribution in [1.29, 1.82) is 0 Å². The number of hydrogen-bond acceptors (Lipinski definition) is 4. The Labute approximate surface area is 119 Å². The number of sulfonamides is 1. The Morgan fingerprint density at radius 2 is 1.95 bits per heavy atom. The number of pyridine rings is 1. The quantitative estimate of drug-likeness (QED) is 0.785. The Morgan fingerprint density at radius 1 is 1.20 bits per heavy atom. The lowest BCUT2D eigenvalue weighted by Crippen LogP contribution is -2.30. The zero-order chi connectivity index (χ0) is 14.6. The minimum Gasteiger partial charge on any atom is -0.311 e. The van der Waals surface area contributed by atoms with Crippen LogP contribution in [0.25, 0.3) is 10.9 Å². The Hall–Kier alpha value is -1.50. The summed E-state index contributed by atoms with van der Waals surface area (Å²) in [6.07, 6.45) is 1.16. The van der Waals surface area contributed by atoms with E-state index in [9.17, 15) is 8.42 Å². The van der Waals surface area contributed by atoms with Crippen LogP contribution in [-0.2, 0) is 16.6 Å². The highest BCUT2D eigenvalue weighted by atomic mass is 32.2. The van der Waals surface area contributed by atoms with Crippen LogP contribution in [0.5, 0.6) is 0 Å². The van der Waals surface area contributed by atoms with E-state index in [1.54, 1.807) is 0 Å². The van der Waals surface area contributed by atoms with Crippen LogP contribution in [0, 0.1) is 6.92 Å². The summed E-state index contributed by atoms with van der Waals surface area (Å²) in [5.74, 6) is 0. The molecule has 2 aromatic rings. The molecular weight excluding hydrogens is 274 g/mol. The molecule has 0 radical (unpaired) electrons. The Morgan fingerprint density at radius 3 is 2.70 bits per heavy atom. The predicted molar refractivity (Wildman–Crippen MR) is 81.0 cm³/mol. The van der Waals surface area contributed by atoms with Crippen LogP contribution in [0.15, 0.2) is 30.3 Å². The van der Waals surface area contributed by atoms with Gasteiger partial charge >= 0.3 is 0 Å². The first-order valence-corrected chi connectivity index (χ1v) is 8.35. The lowest BCUT2D eigenvalue weighted by molar-refractivity contribution is 0.582. The SMILES string of the molecule is Cc1cc(CNCCNS(C)(=O)=O)c2ccccc2n1. The van der Waals surface area contributed by atoms with E-state index < -0.39 is 10.0 Å². The van der Waals surface area contributed by atoms with Crippen molar-refractivity contribution in [3.05, 3.63) is 41.6 Å². The molecule has 5 nitrogen and oxygen atoms in total. The van der Waals surface area contributed by atoms with Crippen LogP contribution in [0.3, 0.4) is 0 Å². The highest BCUT2D eigenvalue weighted by Crippen LogP contribution is 2.17. The van der Waals surface area contributed by atoms with Gasteiger partial charge in [0.2, 0.25) is 10.0 Å². The second-order valence-electron chi connectivity index (χ2n) is 4.78. The van der Waals surface area contributed by atoms with Crippen molar-refractivity contribution < 1.29 is 8.42 Å². The van der Waals surface area contributed by atoms with Crippen LogP contribution >= 0.6 is 0 Å². The van der Waals surface area contributed by atoms with Crippen molar-refractivity contribution in [2.24, 2.45) is 0 Å². The number of para-hydroxylation sites is 1. The molecule has 0 fully saturated rings. The topological polar surface area (TPSA) is 71.1 Å². The zero-order valence-corrected chi connectivity index (χ0v) is 12.5. The predicted octanol–water partition coefficient (Wildman–Crippen LogP) is 1.18. The fraction of sp³-hybridized carbons (Fsp3) is 0.357. The molecule has 6 heteroatoms. The van der Waals surface area contributed by atoms with Gasteiger partial charge in [-0.2, -0.15) is 0 Å². The molecule has 1 aromatic carbocycles. The lowest BCUT2D eigenvalue weighted by atomic mass is 10.1. The average molecular weight is 293 g/mol. The number of fused-ring (bicyclic) bond motifs is 1. The van der Waals surface area contributed by atoms with Crippen molar-refractivity contribution >= 4 is 20.9 Å². The summed E-state index contributed by atoms with van der Waals surface area (Å²) in [5, 5.41) is 4.37. The Kier molecular flexibility index (Phi) is 4.69. The van der Waals surface area contributed by atoms with Crippen LogP contribution in [-0.4, -0.2) is 32.7 Å². The van der Waals surface area contributed by atoms with Crippen LogP contribution in [0.2, 0.25) is 0 Å². The normalized spacial score (nSPS) is 11.9. The van der Waals surface area contributed by atoms with Crippen molar-refractivity contribution in [2.75, 3.05) is 19.3 Å². The van der Waals surface area contributed by atoms with E-state index in [2.05, 4.69) is 21.1 Å². The Bertz CT molecular complexity index is 699. The van der Waals surface area contributed by atoms with Gasteiger partial charge in [0.1, 0.15) is 0 Å². The van der Waals surface area contributed by atoms with Gasteiger partial charge in [-0.3, -0.25) is 4.98 Å². The summed E-state index contributed by atoms with van der Waals surface area (Å²) in [6.45, 7) is 3.64. The molecule has 0 spiro atoms. The van der Waals surface area contributed by atoms with Gasteiger partial charge in [-0.05, 0) is 24.6 Å². The van der Waals surface area contributed by atoms with Gasteiger partial charge in [0.25, 0.3) is 0 Å². The third kappa shape index (κ3) is 4.26. The molecule has 2 rings (SSSR count). The van der Waals surface area contributed by atoms with Crippen LogP contribution in [0.1, 0.15) is 11.3 Å². The molecule has 0 aliphatic heterocycles. The summed E-state index contributed by atoms with van der Waals surface area (Å²) in [5.41, 5.74) is 3.14. The molecule has 1 aromatic heterocycles. The second kappa shape index (κ2) is 6.30. The first kappa shape index (κ1) is 14.9. The number of benzene rings is 1. The Balaban J connectivity index is 1.99. The maximum atomic E-state index is 10.9. The fourth-order valence-electron chi connectivity index (χ4n) is 2.09. The summed E-state index contributed by atoms with van der Waals surface area (Å²) in [6, 6.07) is 10.1. The van der Waals surface area contributed by atoms with Crippen molar-refractivity contribution in [2.45, 2.75) is 13.5 Å². The maximum absolute atomic E-state index is 10.9. The number of nitrogens with one attached hydrogen (secondary N) is 2. The van der Waals surface area contributed by atoms with Gasteiger partial charge in [0, 0.05) is 30.7 Å². The molecule has 0 atom stereocenters. The van der Waals surface area contributed by atoms with Gasteiger partial charge in [0.05, 0.1) is 11.8 Å². The number of aromatic nitrogens is 1. The molecule has 20 heavy (non-hydrogen) atoms. The van der Waals surface area contributed by atoms with Crippen molar-refractivity contribution in [3.8, 4) is 0 Å². The first-order chi connectivity index (χ1) is 9.46. The number of nitrogens with zero attached hydrogens (tertiary/aromatic N) is 1. The highest BCUT2D eigenvalue weighted by molar-refractivity contribution is 7.88. The van der Waals surface area contributed by atoms with E-state index in [1.807, 2.05) is 31.2 Å². The monoisotopic (exact) mass is 293 g/mol. The van der Waals surface area contributed by atoms with Crippen molar-refractivity contribution in [3.63, 3.8) is 0 Å². The zero-order valence-electron chi connectivity index (χ0n) is 11.7. The van der Waals surface area contributed by atoms with Gasteiger partial charge in [0.15, 0.2) is 0 Å². The first-order valence-electron chi connectivity index (χ1n) is 6.46. The van der Waals surface area contributed by atoms with Crippen LogP contribution < -0.4 is 10.0 Å². The van der Waals surface area contributed by atoms with Gasteiger partial charge < -0.3 is 5.32 Å². The number of hydrogen-bond donors (Lipinski definition) is 2. The lowest BCUT2D eigenvalue weighted by Gasteiger charge is -2.09. The molecule has 0 saturated carbocycles. The van der Waals surface area contributed by atoms with E-state index in [0.29, 0.717) is 19.6 Å². The summed E-state index contributed by atoms with van der Waals surface area (Å²) >= 11 is 0. The summed E-state index contributed by atoms with van der Waals surface area (Å²) in [7, 11) is -3.11. The molecule has 0 unspecified atom stereocenters. The largest absolute Gasteiger partial charge is 0.311 e. The summed E-state index contributed by atoms with van der Waals surface area (Å²) in [4.78, 5) is 4.49. The van der Waals surface area contributed by atoms with Gasteiger partial charge in [-0.1, -0.05) is 18.2 Å². The molecular formula is C14H19N3O2S. The van der Waals surface area contributed by atoms with E-state index in [0.717, 1.165) is 22.9 Å². The average Bonchev–Trinajstić information content (AvgIpc) is 2.36. The van der Waals surface area contributed by atoms with Gasteiger partial charge in [-0.15, -0.1) is 0 Å². The molecule has 0 bridgehead atoms. The molecule has 0 aliphatic carbocycles. The number of rotatable bonds is 6. The fourth-order valence-corrected chi connectivity index (χ4v) is 2.56. The highest BCUT2D eigenvalue weighted by Gasteiger charge is 2.03. The van der Waals surface area contributed by atoms with Crippen molar-refractivity contribution in [1.82, 2.24) is 15.0 Å². The molecule has 0 amide bonds. The van der Waals surface area contributed by atoms with E-state index in [-0.39, 0.29) is 0 Å². The maximum Gasteiger partial charge on any atom is 0.208 e. The number of aryl methyl sites for hydroxylation is 1. The van der Waals surface area contributed by atoms with E-state index in [4.69, 9.17) is 0 Å². The smallest absolute Gasteiger partial charge is 0.208 e. The minimum absolute atomic E-state index is 0.390. The standard InChI is InChI=1S/C14H19N3O2S/c1-11-9-12(10-15-7-8-16-20(2,18)19)13-5-3-4-6-14(13)17-11/h3-6,9,15-16H,7-8,10H2,1-2H3. The minimum atomic E-state index is -3.11. The molecule has 108 valence electrons.